The van der Waals surface area contributed by atoms with Gasteiger partial charge in [-0.25, -0.2) is 0 Å². The van der Waals surface area contributed by atoms with Gasteiger partial charge < -0.3 is 5.32 Å². The van der Waals surface area contributed by atoms with Crippen molar-refractivity contribution < 1.29 is 0 Å². The molecule has 0 aliphatic heterocycles. The summed E-state index contributed by atoms with van der Waals surface area (Å²) in [7, 11) is 0. The molecule has 0 aromatic rings. The van der Waals surface area contributed by atoms with Gasteiger partial charge >= 0.3 is 0 Å². The highest BCUT2D eigenvalue weighted by molar-refractivity contribution is 4.90. The molecule has 0 aromatic heterocycles. The zero-order valence-corrected chi connectivity index (χ0v) is 9.97. The van der Waals surface area contributed by atoms with Crippen LogP contribution in [0.25, 0.3) is 0 Å². The van der Waals surface area contributed by atoms with Gasteiger partial charge in [0, 0.05) is 0 Å². The summed E-state index contributed by atoms with van der Waals surface area (Å²) in [4.78, 5) is 0. The number of nitrogens with one attached hydrogen (secondary N) is 1. The first kappa shape index (κ1) is 10.5. The molecule has 2 bridgehead atoms. The Bertz CT molecular complexity index is 192. The minimum absolute atomic E-state index is 0.442. The third-order valence-electron chi connectivity index (χ3n) is 3.95. The lowest BCUT2D eigenvalue weighted by Gasteiger charge is -2.25. The van der Waals surface area contributed by atoms with Crippen LogP contribution in [0, 0.1) is 23.2 Å². The van der Waals surface area contributed by atoms with E-state index in [9.17, 15) is 0 Å². The van der Waals surface area contributed by atoms with Crippen LogP contribution in [0.3, 0.4) is 0 Å². The highest BCUT2D eigenvalue weighted by Crippen LogP contribution is 2.47. The number of rotatable bonds is 3. The Morgan fingerprint density at radius 1 is 1.14 bits per heavy atom. The van der Waals surface area contributed by atoms with Crippen LogP contribution in [0.5, 0.6) is 0 Å². The number of fused-ring (bicyclic) bond motifs is 2. The molecule has 2 rings (SSSR count). The maximum Gasteiger partial charge on any atom is -0.000000744 e. The van der Waals surface area contributed by atoms with Crippen LogP contribution >= 0.6 is 0 Å². The molecule has 14 heavy (non-hydrogen) atoms. The molecule has 1 nitrogen and oxygen atoms in total. The van der Waals surface area contributed by atoms with Crippen LogP contribution in [-0.4, -0.2) is 13.1 Å². The van der Waals surface area contributed by atoms with Gasteiger partial charge in [0.25, 0.3) is 0 Å². The average molecular weight is 195 g/mol. The predicted octanol–water partition coefficient (Wildman–Crippen LogP) is 3.06. The second kappa shape index (κ2) is 3.84. The van der Waals surface area contributed by atoms with E-state index in [4.69, 9.17) is 0 Å². The van der Waals surface area contributed by atoms with Gasteiger partial charge in [0.1, 0.15) is 0 Å². The predicted molar refractivity (Wildman–Crippen MR) is 61.3 cm³/mol. The molecule has 0 spiro atoms. The Kier molecular flexibility index (Phi) is 2.88. The van der Waals surface area contributed by atoms with Gasteiger partial charge in [-0.1, -0.05) is 27.2 Å². The summed E-state index contributed by atoms with van der Waals surface area (Å²) in [6.07, 6.45) is 6.11. The summed E-state index contributed by atoms with van der Waals surface area (Å²) in [6.45, 7) is 9.36. The van der Waals surface area contributed by atoms with Crippen LogP contribution in [0.15, 0.2) is 0 Å². The largest absolute Gasteiger partial charge is 0.316 e. The zero-order valence-electron chi connectivity index (χ0n) is 9.97. The minimum Gasteiger partial charge on any atom is -0.316 e. The highest BCUT2D eigenvalue weighted by Gasteiger charge is 2.38. The maximum atomic E-state index is 3.65. The molecule has 2 aliphatic rings. The van der Waals surface area contributed by atoms with E-state index in [1.165, 1.54) is 32.4 Å². The van der Waals surface area contributed by atoms with Crippen LogP contribution < -0.4 is 5.32 Å². The molecular formula is C13H25N. The van der Waals surface area contributed by atoms with Gasteiger partial charge in [0.2, 0.25) is 0 Å². The summed E-state index contributed by atoms with van der Waals surface area (Å²) in [5, 5.41) is 3.65. The first-order chi connectivity index (χ1) is 6.54. The summed E-state index contributed by atoms with van der Waals surface area (Å²) >= 11 is 0. The van der Waals surface area contributed by atoms with Crippen molar-refractivity contribution in [2.45, 2.75) is 46.5 Å². The van der Waals surface area contributed by atoms with Crippen molar-refractivity contribution in [3.05, 3.63) is 0 Å². The third-order valence-corrected chi connectivity index (χ3v) is 3.95. The molecule has 0 aromatic carbocycles. The van der Waals surface area contributed by atoms with E-state index >= 15 is 0 Å². The van der Waals surface area contributed by atoms with Crippen molar-refractivity contribution >= 4 is 0 Å². The molecular weight excluding hydrogens is 170 g/mol. The van der Waals surface area contributed by atoms with E-state index in [-0.39, 0.29) is 0 Å². The molecule has 0 heterocycles. The molecule has 3 unspecified atom stereocenters. The highest BCUT2D eigenvalue weighted by atomic mass is 14.9. The van der Waals surface area contributed by atoms with E-state index in [2.05, 4.69) is 26.1 Å². The Balaban J connectivity index is 1.67. The van der Waals surface area contributed by atoms with Crippen LogP contribution in [-0.2, 0) is 0 Å². The average Bonchev–Trinajstić information content (AvgIpc) is 2.62. The lowest BCUT2D eigenvalue weighted by atomic mass is 9.88. The fraction of sp³-hybridized carbons (Fsp3) is 1.00. The summed E-state index contributed by atoms with van der Waals surface area (Å²) in [5.74, 6) is 3.19. The van der Waals surface area contributed by atoms with Crippen LogP contribution in [0.2, 0.25) is 0 Å². The molecule has 0 amide bonds. The van der Waals surface area contributed by atoms with E-state index in [1.54, 1.807) is 6.42 Å². The van der Waals surface area contributed by atoms with E-state index in [1.807, 2.05) is 0 Å². The van der Waals surface area contributed by atoms with Crippen molar-refractivity contribution in [3.63, 3.8) is 0 Å². The lowest BCUT2D eigenvalue weighted by Crippen LogP contribution is -2.32. The summed E-state index contributed by atoms with van der Waals surface area (Å²) in [5.41, 5.74) is 0.442. The van der Waals surface area contributed by atoms with Crippen molar-refractivity contribution in [3.8, 4) is 0 Å². The smallest absolute Gasteiger partial charge is 0.000000744 e. The SMILES string of the molecule is CC(C)(C)CNCC1CC2CCC1C2. The van der Waals surface area contributed by atoms with Crippen molar-refractivity contribution in [2.24, 2.45) is 23.2 Å². The molecule has 3 atom stereocenters. The van der Waals surface area contributed by atoms with E-state index in [0.717, 1.165) is 17.8 Å². The monoisotopic (exact) mass is 195 g/mol. The number of hydrogen-bond donors (Lipinski definition) is 1. The van der Waals surface area contributed by atoms with Crippen molar-refractivity contribution in [2.75, 3.05) is 13.1 Å². The quantitative estimate of drug-likeness (QED) is 0.730. The second-order valence-corrected chi connectivity index (χ2v) is 6.63. The van der Waals surface area contributed by atoms with Crippen LogP contribution in [0.1, 0.15) is 46.5 Å². The maximum absolute atomic E-state index is 3.65. The molecule has 2 saturated carbocycles. The van der Waals surface area contributed by atoms with Crippen molar-refractivity contribution in [1.82, 2.24) is 5.32 Å². The molecule has 2 aliphatic carbocycles. The topological polar surface area (TPSA) is 12.0 Å². The standard InChI is InChI=1S/C13H25N/c1-13(2,3)9-14-8-12-7-10-4-5-11(12)6-10/h10-12,14H,4-9H2,1-3H3. The Morgan fingerprint density at radius 3 is 2.43 bits per heavy atom. The second-order valence-electron chi connectivity index (χ2n) is 6.63. The summed E-state index contributed by atoms with van der Waals surface area (Å²) < 4.78 is 0. The molecule has 0 saturated heterocycles. The van der Waals surface area contributed by atoms with Crippen molar-refractivity contribution in [1.29, 1.82) is 0 Å². The molecule has 1 heteroatoms. The normalized spacial score (nSPS) is 36.6. The van der Waals surface area contributed by atoms with Gasteiger partial charge in [0.05, 0.1) is 0 Å². The van der Waals surface area contributed by atoms with Crippen LogP contribution in [0.4, 0.5) is 0 Å². The minimum atomic E-state index is 0.442. The van der Waals surface area contributed by atoms with Gasteiger partial charge in [0.15, 0.2) is 0 Å². The lowest BCUT2D eigenvalue weighted by molar-refractivity contribution is 0.295. The van der Waals surface area contributed by atoms with E-state index in [0.29, 0.717) is 5.41 Å². The fourth-order valence-corrected chi connectivity index (χ4v) is 3.26. The Labute approximate surface area is 88.7 Å². The molecule has 82 valence electrons. The van der Waals surface area contributed by atoms with Gasteiger partial charge in [-0.3, -0.25) is 0 Å². The van der Waals surface area contributed by atoms with Gasteiger partial charge in [-0.15, -0.1) is 0 Å². The third kappa shape index (κ3) is 2.50. The molecule has 1 N–H and O–H groups in total. The first-order valence-corrected chi connectivity index (χ1v) is 6.25. The Hall–Kier alpha value is -0.0400. The van der Waals surface area contributed by atoms with E-state index < -0.39 is 0 Å². The fourth-order valence-electron chi connectivity index (χ4n) is 3.26. The number of hydrogen-bond acceptors (Lipinski definition) is 1. The zero-order chi connectivity index (χ0) is 10.2. The van der Waals surface area contributed by atoms with Gasteiger partial charge in [-0.2, -0.15) is 0 Å². The molecule has 2 fully saturated rings. The molecule has 0 radical (unpaired) electrons. The summed E-state index contributed by atoms with van der Waals surface area (Å²) in [6, 6.07) is 0. The first-order valence-electron chi connectivity index (χ1n) is 6.25. The Morgan fingerprint density at radius 2 is 1.93 bits per heavy atom. The van der Waals surface area contributed by atoms with Gasteiger partial charge in [-0.05, 0) is 55.5 Å².